The molecule has 1 saturated carbocycles. The van der Waals surface area contributed by atoms with Crippen LogP contribution in [0.3, 0.4) is 0 Å². The summed E-state index contributed by atoms with van der Waals surface area (Å²) in [7, 11) is 0. The molecule has 8 nitrogen and oxygen atoms in total. The predicted octanol–water partition coefficient (Wildman–Crippen LogP) is 5.57. The van der Waals surface area contributed by atoms with E-state index in [9.17, 15) is 4.79 Å². The van der Waals surface area contributed by atoms with E-state index in [1.807, 2.05) is 42.5 Å². The molecule has 0 atom stereocenters. The van der Waals surface area contributed by atoms with Crippen LogP contribution in [-0.4, -0.2) is 46.3 Å². The van der Waals surface area contributed by atoms with Crippen LogP contribution in [-0.2, 0) is 4.74 Å². The lowest BCUT2D eigenvalue weighted by Gasteiger charge is -2.22. The largest absolute Gasteiger partial charge is 0.439 e. The Kier molecular flexibility index (Phi) is 6.68. The molecule has 0 unspecified atom stereocenters. The molecular weight excluding hydrogens is 490 g/mol. The maximum atomic E-state index is 12.5. The Morgan fingerprint density at radius 3 is 2.65 bits per heavy atom. The summed E-state index contributed by atoms with van der Waals surface area (Å²) in [6.07, 6.45) is 5.86. The van der Waals surface area contributed by atoms with Crippen molar-refractivity contribution in [3.63, 3.8) is 0 Å². The second-order valence-electron chi connectivity index (χ2n) is 9.57. The summed E-state index contributed by atoms with van der Waals surface area (Å²) >= 11 is 6.55. The van der Waals surface area contributed by atoms with Crippen LogP contribution in [0.4, 0.5) is 5.82 Å². The maximum Gasteiger partial charge on any atom is 0.253 e. The van der Waals surface area contributed by atoms with Crippen molar-refractivity contribution in [2.75, 3.05) is 25.1 Å². The van der Waals surface area contributed by atoms with Gasteiger partial charge in [-0.25, -0.2) is 0 Å². The molecule has 1 amide bonds. The number of benzene rings is 2. The van der Waals surface area contributed by atoms with Gasteiger partial charge in [-0.1, -0.05) is 35.9 Å². The first-order valence-electron chi connectivity index (χ1n) is 12.7. The van der Waals surface area contributed by atoms with Gasteiger partial charge in [-0.2, -0.15) is 14.6 Å². The molecular formula is C28H28ClN5O3. The van der Waals surface area contributed by atoms with Crippen LogP contribution < -0.4 is 15.4 Å². The molecule has 0 radical (unpaired) electrons. The third kappa shape index (κ3) is 5.40. The number of fused-ring (bicyclic) bond motifs is 1. The van der Waals surface area contributed by atoms with Gasteiger partial charge < -0.3 is 20.1 Å². The standard InChI is InChI=1S/C28H28ClN5O3/c29-24-14-19(6-9-22(24)28(35)32-20-7-8-20)23-17-31-34-25(30-16-18-10-12-36-13-11-18)15-26(33-27(23)34)37-21-4-2-1-3-5-21/h1-6,9,14-15,17-18,20,30H,7-8,10-13,16H2,(H,32,35). The van der Waals surface area contributed by atoms with Crippen molar-refractivity contribution in [3.8, 4) is 22.8 Å². The fourth-order valence-electron chi connectivity index (χ4n) is 4.49. The summed E-state index contributed by atoms with van der Waals surface area (Å²) < 4.78 is 13.4. The number of ether oxygens (including phenoxy) is 2. The number of aromatic nitrogens is 3. The van der Waals surface area contributed by atoms with Gasteiger partial charge in [-0.15, -0.1) is 0 Å². The van der Waals surface area contributed by atoms with E-state index in [1.165, 1.54) is 0 Å². The van der Waals surface area contributed by atoms with Crippen LogP contribution in [0.25, 0.3) is 16.8 Å². The van der Waals surface area contributed by atoms with Gasteiger partial charge in [0.25, 0.3) is 5.91 Å². The highest BCUT2D eigenvalue weighted by atomic mass is 35.5. The second kappa shape index (κ2) is 10.4. The van der Waals surface area contributed by atoms with E-state index in [2.05, 4.69) is 15.7 Å². The molecule has 190 valence electrons. The van der Waals surface area contributed by atoms with Crippen LogP contribution in [0.1, 0.15) is 36.0 Å². The number of amides is 1. The van der Waals surface area contributed by atoms with Crippen molar-refractivity contribution in [1.29, 1.82) is 0 Å². The van der Waals surface area contributed by atoms with Crippen molar-refractivity contribution < 1.29 is 14.3 Å². The van der Waals surface area contributed by atoms with Crippen molar-refractivity contribution in [2.24, 2.45) is 5.92 Å². The van der Waals surface area contributed by atoms with Gasteiger partial charge in [0.2, 0.25) is 5.88 Å². The third-order valence-electron chi connectivity index (χ3n) is 6.76. The molecule has 0 spiro atoms. The molecule has 2 aliphatic rings. The van der Waals surface area contributed by atoms with Gasteiger partial charge in [0, 0.05) is 37.4 Å². The average molecular weight is 518 g/mol. The highest BCUT2D eigenvalue weighted by molar-refractivity contribution is 6.34. The van der Waals surface area contributed by atoms with Crippen molar-refractivity contribution in [3.05, 3.63) is 71.4 Å². The Morgan fingerprint density at radius 1 is 1.08 bits per heavy atom. The van der Waals surface area contributed by atoms with Gasteiger partial charge in [0.1, 0.15) is 11.6 Å². The molecule has 2 aromatic carbocycles. The first kappa shape index (κ1) is 23.8. The average Bonchev–Trinajstić information content (AvgIpc) is 3.63. The Labute approximate surface area is 220 Å². The van der Waals surface area contributed by atoms with Crippen LogP contribution in [0.2, 0.25) is 5.02 Å². The predicted molar refractivity (Wildman–Crippen MR) is 142 cm³/mol. The molecule has 1 saturated heterocycles. The molecule has 4 aromatic rings. The van der Waals surface area contributed by atoms with E-state index in [0.29, 0.717) is 33.8 Å². The molecule has 6 rings (SSSR count). The number of hydrogen-bond donors (Lipinski definition) is 2. The zero-order valence-electron chi connectivity index (χ0n) is 20.3. The zero-order chi connectivity index (χ0) is 25.2. The van der Waals surface area contributed by atoms with Crippen LogP contribution >= 0.6 is 11.6 Å². The summed E-state index contributed by atoms with van der Waals surface area (Å²) in [6.45, 7) is 2.39. The normalized spacial score (nSPS) is 16.0. The molecule has 2 aromatic heterocycles. The number of para-hydroxylation sites is 1. The maximum absolute atomic E-state index is 12.5. The highest BCUT2D eigenvalue weighted by Crippen LogP contribution is 2.32. The van der Waals surface area contributed by atoms with Gasteiger partial charge in [0.05, 0.1) is 16.8 Å². The minimum atomic E-state index is -0.143. The molecule has 1 aliphatic heterocycles. The highest BCUT2D eigenvalue weighted by Gasteiger charge is 2.25. The first-order valence-corrected chi connectivity index (χ1v) is 13.1. The molecule has 37 heavy (non-hydrogen) atoms. The Morgan fingerprint density at radius 2 is 1.89 bits per heavy atom. The van der Waals surface area contributed by atoms with Crippen molar-refractivity contribution in [1.82, 2.24) is 19.9 Å². The lowest BCUT2D eigenvalue weighted by Crippen LogP contribution is -2.25. The number of halogens is 1. The van der Waals surface area contributed by atoms with Crippen LogP contribution in [0.15, 0.2) is 60.8 Å². The second-order valence-corrected chi connectivity index (χ2v) is 9.97. The van der Waals surface area contributed by atoms with E-state index >= 15 is 0 Å². The smallest absolute Gasteiger partial charge is 0.253 e. The van der Waals surface area contributed by atoms with Gasteiger partial charge in [0.15, 0.2) is 5.65 Å². The minimum absolute atomic E-state index is 0.143. The molecule has 9 heteroatoms. The number of carbonyl (C=O) groups is 1. The van der Waals surface area contributed by atoms with Gasteiger partial charge in [-0.3, -0.25) is 4.79 Å². The van der Waals surface area contributed by atoms with Crippen molar-refractivity contribution in [2.45, 2.75) is 31.7 Å². The lowest BCUT2D eigenvalue weighted by atomic mass is 10.0. The monoisotopic (exact) mass is 517 g/mol. The Bertz CT molecular complexity index is 1410. The molecule has 0 bridgehead atoms. The SMILES string of the molecule is O=C(NC1CC1)c1ccc(-c2cnn3c(NCC4CCOCC4)cc(Oc4ccccc4)nc23)cc1Cl. The number of nitrogens with one attached hydrogen (secondary N) is 2. The zero-order valence-corrected chi connectivity index (χ0v) is 21.1. The minimum Gasteiger partial charge on any atom is -0.439 e. The summed E-state index contributed by atoms with van der Waals surface area (Å²) in [5.41, 5.74) is 2.72. The summed E-state index contributed by atoms with van der Waals surface area (Å²) in [4.78, 5) is 17.3. The molecule has 3 heterocycles. The molecule has 2 N–H and O–H groups in total. The number of hydrogen-bond acceptors (Lipinski definition) is 6. The Balaban J connectivity index is 1.34. The van der Waals surface area contributed by atoms with Crippen LogP contribution in [0.5, 0.6) is 11.6 Å². The van der Waals surface area contributed by atoms with Crippen molar-refractivity contribution >= 4 is 29.0 Å². The summed E-state index contributed by atoms with van der Waals surface area (Å²) in [6, 6.07) is 17.1. The fraction of sp³-hybridized carbons (Fsp3) is 0.321. The number of nitrogens with zero attached hydrogens (tertiary/aromatic N) is 3. The van der Waals surface area contributed by atoms with E-state index < -0.39 is 0 Å². The number of anilines is 1. The summed E-state index contributed by atoms with van der Waals surface area (Å²) in [5, 5.41) is 11.6. The first-order chi connectivity index (χ1) is 18.1. The fourth-order valence-corrected chi connectivity index (χ4v) is 4.76. The van der Waals surface area contributed by atoms with Gasteiger partial charge >= 0.3 is 0 Å². The number of carbonyl (C=O) groups excluding carboxylic acids is 1. The number of rotatable bonds is 8. The van der Waals surface area contributed by atoms with Gasteiger partial charge in [-0.05, 0) is 61.4 Å². The van der Waals surface area contributed by atoms with E-state index in [4.69, 9.17) is 26.1 Å². The lowest BCUT2D eigenvalue weighted by molar-refractivity contribution is 0.0699. The van der Waals surface area contributed by atoms with E-state index in [-0.39, 0.29) is 11.9 Å². The topological polar surface area (TPSA) is 89.8 Å². The Hall–Kier alpha value is -3.62. The quantitative estimate of drug-likeness (QED) is 0.317. The summed E-state index contributed by atoms with van der Waals surface area (Å²) in [5.74, 6) is 2.33. The van der Waals surface area contributed by atoms with Crippen LogP contribution in [0, 0.1) is 5.92 Å². The van der Waals surface area contributed by atoms with E-state index in [1.54, 1.807) is 22.8 Å². The molecule has 2 fully saturated rings. The molecule has 1 aliphatic carbocycles. The third-order valence-corrected chi connectivity index (χ3v) is 7.08. The van der Waals surface area contributed by atoms with E-state index in [0.717, 1.165) is 62.4 Å².